The van der Waals surface area contributed by atoms with Crippen molar-refractivity contribution in [1.82, 2.24) is 15.5 Å². The van der Waals surface area contributed by atoms with Gasteiger partial charge in [0.05, 0.1) is 6.04 Å². The molecule has 162 valence electrons. The Labute approximate surface area is 183 Å². The molecule has 2 N–H and O–H groups in total. The standard InChI is InChI=1S/C22H35ClN4OS/c1-3-29(28)20-11-7-10-19(15-20)26-22(24-2)25-16-21(27-12-4-5-13-27)17-8-6-9-18(23)14-17/h6,8-9,14,19-21H,3-5,7,10-13,15-16H2,1-2H3,(H2,24,25,26). The lowest BCUT2D eigenvalue weighted by molar-refractivity contribution is 0.245. The lowest BCUT2D eigenvalue weighted by Gasteiger charge is -2.32. The Morgan fingerprint density at radius 2 is 2.10 bits per heavy atom. The molecule has 4 unspecified atom stereocenters. The van der Waals surface area contributed by atoms with Crippen molar-refractivity contribution in [3.05, 3.63) is 34.9 Å². The van der Waals surface area contributed by atoms with Crippen molar-refractivity contribution in [3.8, 4) is 0 Å². The van der Waals surface area contributed by atoms with Gasteiger partial charge in [-0.3, -0.25) is 14.1 Å². The fourth-order valence-electron chi connectivity index (χ4n) is 4.56. The Morgan fingerprint density at radius 3 is 2.79 bits per heavy atom. The zero-order valence-electron chi connectivity index (χ0n) is 17.7. The van der Waals surface area contributed by atoms with Crippen LogP contribution in [0.1, 0.15) is 57.1 Å². The van der Waals surface area contributed by atoms with Crippen LogP contribution in [0, 0.1) is 0 Å². The van der Waals surface area contributed by atoms with Gasteiger partial charge in [-0.05, 0) is 62.9 Å². The zero-order valence-corrected chi connectivity index (χ0v) is 19.3. The molecule has 0 amide bonds. The molecule has 1 aromatic carbocycles. The predicted molar refractivity (Wildman–Crippen MR) is 124 cm³/mol. The predicted octanol–water partition coefficient (Wildman–Crippen LogP) is 3.72. The van der Waals surface area contributed by atoms with E-state index in [0.717, 1.165) is 62.1 Å². The number of hydrogen-bond donors (Lipinski definition) is 2. The van der Waals surface area contributed by atoms with Gasteiger partial charge in [0, 0.05) is 46.5 Å². The normalized spacial score (nSPS) is 25.6. The van der Waals surface area contributed by atoms with Gasteiger partial charge in [-0.2, -0.15) is 0 Å². The van der Waals surface area contributed by atoms with Gasteiger partial charge in [0.2, 0.25) is 0 Å². The molecular formula is C22H35ClN4OS. The minimum Gasteiger partial charge on any atom is -0.354 e. The van der Waals surface area contributed by atoms with Crippen LogP contribution < -0.4 is 10.6 Å². The lowest BCUT2D eigenvalue weighted by Crippen LogP contribution is -2.48. The molecule has 1 aliphatic heterocycles. The van der Waals surface area contributed by atoms with Gasteiger partial charge in [0.1, 0.15) is 0 Å². The average molecular weight is 439 g/mol. The van der Waals surface area contributed by atoms with E-state index in [1.807, 2.05) is 26.1 Å². The second-order valence-corrected chi connectivity index (χ2v) is 10.5. The smallest absolute Gasteiger partial charge is 0.191 e. The molecule has 5 nitrogen and oxygen atoms in total. The summed E-state index contributed by atoms with van der Waals surface area (Å²) in [6, 6.07) is 8.82. The summed E-state index contributed by atoms with van der Waals surface area (Å²) < 4.78 is 12.2. The minimum absolute atomic E-state index is 0.279. The van der Waals surface area contributed by atoms with E-state index in [1.54, 1.807) is 0 Å². The summed E-state index contributed by atoms with van der Waals surface area (Å²) in [4.78, 5) is 6.99. The molecule has 1 heterocycles. The fourth-order valence-corrected chi connectivity index (χ4v) is 6.10. The van der Waals surface area contributed by atoms with Crippen LogP contribution in [0.25, 0.3) is 0 Å². The summed E-state index contributed by atoms with van der Waals surface area (Å²) in [5.41, 5.74) is 1.25. The van der Waals surface area contributed by atoms with Gasteiger partial charge in [0.25, 0.3) is 0 Å². The molecule has 7 heteroatoms. The molecule has 1 aliphatic carbocycles. The maximum absolute atomic E-state index is 12.2. The monoisotopic (exact) mass is 438 g/mol. The van der Waals surface area contributed by atoms with Crippen molar-refractivity contribution < 1.29 is 4.21 Å². The highest BCUT2D eigenvalue weighted by Gasteiger charge is 2.27. The van der Waals surface area contributed by atoms with E-state index in [0.29, 0.717) is 11.3 Å². The molecule has 0 aromatic heterocycles. The Hall–Kier alpha value is -1.11. The van der Waals surface area contributed by atoms with E-state index in [2.05, 4.69) is 32.7 Å². The van der Waals surface area contributed by atoms with Crippen LogP contribution in [-0.4, -0.2) is 58.8 Å². The van der Waals surface area contributed by atoms with Crippen LogP contribution >= 0.6 is 11.6 Å². The first-order valence-electron chi connectivity index (χ1n) is 10.9. The van der Waals surface area contributed by atoms with Crippen molar-refractivity contribution in [2.24, 2.45) is 4.99 Å². The topological polar surface area (TPSA) is 56.7 Å². The minimum atomic E-state index is -0.710. The number of benzene rings is 1. The quantitative estimate of drug-likeness (QED) is 0.503. The van der Waals surface area contributed by atoms with Crippen molar-refractivity contribution in [3.63, 3.8) is 0 Å². The Bertz CT molecular complexity index is 708. The van der Waals surface area contributed by atoms with E-state index in [9.17, 15) is 4.21 Å². The van der Waals surface area contributed by atoms with E-state index in [1.165, 1.54) is 18.4 Å². The summed E-state index contributed by atoms with van der Waals surface area (Å²) in [5.74, 6) is 1.59. The first-order chi connectivity index (χ1) is 14.1. The molecule has 1 saturated heterocycles. The first-order valence-corrected chi connectivity index (χ1v) is 12.7. The highest BCUT2D eigenvalue weighted by Crippen LogP contribution is 2.27. The molecule has 4 atom stereocenters. The van der Waals surface area contributed by atoms with Crippen molar-refractivity contribution in [2.75, 3.05) is 32.4 Å². The van der Waals surface area contributed by atoms with E-state index in [-0.39, 0.29) is 6.04 Å². The molecular weight excluding hydrogens is 404 g/mol. The van der Waals surface area contributed by atoms with Crippen LogP contribution in [-0.2, 0) is 10.8 Å². The summed E-state index contributed by atoms with van der Waals surface area (Å²) in [6.07, 6.45) is 6.79. The molecule has 0 bridgehead atoms. The highest BCUT2D eigenvalue weighted by molar-refractivity contribution is 7.85. The highest BCUT2D eigenvalue weighted by atomic mass is 35.5. The largest absolute Gasteiger partial charge is 0.354 e. The number of nitrogens with one attached hydrogen (secondary N) is 2. The average Bonchev–Trinajstić information content (AvgIpc) is 3.27. The van der Waals surface area contributed by atoms with Crippen LogP contribution in [0.3, 0.4) is 0 Å². The third kappa shape index (κ3) is 6.43. The summed E-state index contributed by atoms with van der Waals surface area (Å²) in [6.45, 7) is 5.05. The van der Waals surface area contributed by atoms with Gasteiger partial charge in [-0.1, -0.05) is 37.1 Å². The first kappa shape index (κ1) is 22.6. The number of hydrogen-bond acceptors (Lipinski definition) is 3. The van der Waals surface area contributed by atoms with Crippen LogP contribution in [0.2, 0.25) is 5.02 Å². The van der Waals surface area contributed by atoms with Gasteiger partial charge in [0.15, 0.2) is 5.96 Å². The third-order valence-corrected chi connectivity index (χ3v) is 8.10. The van der Waals surface area contributed by atoms with Gasteiger partial charge < -0.3 is 10.6 Å². The Morgan fingerprint density at radius 1 is 1.31 bits per heavy atom. The van der Waals surface area contributed by atoms with E-state index in [4.69, 9.17) is 11.6 Å². The number of likely N-dealkylation sites (tertiary alicyclic amines) is 1. The van der Waals surface area contributed by atoms with Crippen LogP contribution in [0.4, 0.5) is 0 Å². The molecule has 0 spiro atoms. The Kier molecular flexibility index (Phi) is 8.82. The summed E-state index contributed by atoms with van der Waals surface area (Å²) >= 11 is 6.27. The Balaban J connectivity index is 1.60. The number of halogens is 1. The van der Waals surface area contributed by atoms with Crippen molar-refractivity contribution >= 4 is 28.4 Å². The molecule has 29 heavy (non-hydrogen) atoms. The molecule has 1 aromatic rings. The molecule has 2 aliphatic rings. The van der Waals surface area contributed by atoms with Crippen molar-refractivity contribution in [2.45, 2.75) is 62.8 Å². The van der Waals surface area contributed by atoms with E-state index >= 15 is 0 Å². The number of guanidine groups is 1. The summed E-state index contributed by atoms with van der Waals surface area (Å²) in [7, 11) is 1.11. The fraction of sp³-hybridized carbons (Fsp3) is 0.682. The van der Waals surface area contributed by atoms with Crippen LogP contribution in [0.5, 0.6) is 0 Å². The molecule has 0 radical (unpaired) electrons. The SMILES string of the molecule is CCS(=O)C1CCCC(NC(=NC)NCC(c2cccc(Cl)c2)N2CCCC2)C1. The van der Waals surface area contributed by atoms with Crippen LogP contribution in [0.15, 0.2) is 29.3 Å². The second kappa shape index (κ2) is 11.3. The van der Waals surface area contributed by atoms with Gasteiger partial charge >= 0.3 is 0 Å². The molecule has 2 fully saturated rings. The van der Waals surface area contributed by atoms with Crippen molar-refractivity contribution in [1.29, 1.82) is 0 Å². The van der Waals surface area contributed by atoms with Gasteiger partial charge in [-0.25, -0.2) is 0 Å². The maximum atomic E-state index is 12.2. The molecule has 1 saturated carbocycles. The number of nitrogens with zero attached hydrogens (tertiary/aromatic N) is 2. The maximum Gasteiger partial charge on any atom is 0.191 e. The summed E-state index contributed by atoms with van der Waals surface area (Å²) in [5, 5.41) is 8.23. The third-order valence-electron chi connectivity index (χ3n) is 6.12. The number of aliphatic imine (C=N–C) groups is 1. The van der Waals surface area contributed by atoms with E-state index < -0.39 is 10.8 Å². The molecule has 3 rings (SSSR count). The lowest BCUT2D eigenvalue weighted by atomic mass is 9.95. The zero-order chi connectivity index (χ0) is 20.6. The van der Waals surface area contributed by atoms with Gasteiger partial charge in [-0.15, -0.1) is 0 Å². The second-order valence-electron chi connectivity index (χ2n) is 8.07. The number of rotatable bonds is 7.